The van der Waals surface area contributed by atoms with E-state index in [-0.39, 0.29) is 77.9 Å². The molecule has 4 amide bonds. The van der Waals surface area contributed by atoms with Crippen molar-refractivity contribution in [3.05, 3.63) is 137 Å². The van der Waals surface area contributed by atoms with E-state index in [1.54, 1.807) is 47.5 Å². The number of phenols is 1. The molecule has 7 rings (SSSR count). The third kappa shape index (κ3) is 7.47. The van der Waals surface area contributed by atoms with Gasteiger partial charge in [0.05, 0.1) is 28.9 Å². The molecule has 1 unspecified atom stereocenters. The van der Waals surface area contributed by atoms with E-state index >= 15 is 0 Å². The zero-order chi connectivity index (χ0) is 39.7. The highest BCUT2D eigenvalue weighted by Gasteiger charge is 2.51. The van der Waals surface area contributed by atoms with Crippen LogP contribution < -0.4 is 5.32 Å². The van der Waals surface area contributed by atoms with Crippen LogP contribution in [0.2, 0.25) is 0 Å². The second-order valence-electron chi connectivity index (χ2n) is 13.9. The van der Waals surface area contributed by atoms with E-state index in [0.717, 1.165) is 9.54 Å². The number of hydrogen-bond acceptors (Lipinski definition) is 8. The summed E-state index contributed by atoms with van der Waals surface area (Å²) >= 11 is 6.21. The lowest BCUT2D eigenvalue weighted by Gasteiger charge is -2.55. The molecule has 0 bridgehead atoms. The van der Waals surface area contributed by atoms with Crippen molar-refractivity contribution in [1.29, 1.82) is 0 Å². The van der Waals surface area contributed by atoms with Gasteiger partial charge in [0.1, 0.15) is 18.0 Å². The number of Topliss-reactive ketones (excluding diaryl/α,β-unsaturated/α-hetero) is 1. The summed E-state index contributed by atoms with van der Waals surface area (Å²) in [5, 5.41) is 16.0. The van der Waals surface area contributed by atoms with Gasteiger partial charge in [-0.1, -0.05) is 78.9 Å². The molecule has 1 aliphatic carbocycles. The number of carbonyl (C=O) groups is 4. The van der Waals surface area contributed by atoms with E-state index in [2.05, 4.69) is 11.9 Å². The van der Waals surface area contributed by atoms with E-state index in [0.29, 0.717) is 22.9 Å². The smallest absolute Gasteiger partial charge is 0.334 e. The Kier molecular flexibility index (Phi) is 10.9. The van der Waals surface area contributed by atoms with Crippen molar-refractivity contribution in [2.45, 2.75) is 50.4 Å². The van der Waals surface area contributed by atoms with Crippen molar-refractivity contribution >= 4 is 56.2 Å². The zero-order valence-corrected chi connectivity index (χ0v) is 32.2. The molecule has 3 heterocycles. The summed E-state index contributed by atoms with van der Waals surface area (Å²) in [6.45, 7) is 5.16. The van der Waals surface area contributed by atoms with Crippen LogP contribution in [0, 0.1) is 0 Å². The highest BCUT2D eigenvalue weighted by atomic mass is 35.5. The molecule has 2 N–H and O–H groups in total. The normalized spacial score (nSPS) is 20.2. The number of allylic oxidation sites excluding steroid dienone is 3. The molecule has 2 aliphatic heterocycles. The number of hydrazine groups is 1. The Hall–Kier alpha value is -5.70. The number of nitrogens with one attached hydrogen (secondary N) is 1. The molecule has 3 aliphatic rings. The number of ketones is 1. The average molecular weight is 797 g/mol. The minimum atomic E-state index is -4.22. The van der Waals surface area contributed by atoms with E-state index < -0.39 is 34.2 Å². The van der Waals surface area contributed by atoms with Crippen molar-refractivity contribution in [3.63, 3.8) is 0 Å². The lowest BCUT2D eigenvalue weighted by atomic mass is 9.98. The molecule has 13 nitrogen and oxygen atoms in total. The number of fused-ring (bicyclic) bond motifs is 2. The largest absolute Gasteiger partial charge is 0.508 e. The first-order valence-corrected chi connectivity index (χ1v) is 20.0. The molecular weight excluding hydrogens is 756 g/mol. The van der Waals surface area contributed by atoms with Gasteiger partial charge in [0.15, 0.2) is 5.78 Å². The van der Waals surface area contributed by atoms with Crippen LogP contribution in [0.5, 0.6) is 5.75 Å². The second-order valence-corrected chi connectivity index (χ2v) is 16.3. The van der Waals surface area contributed by atoms with Gasteiger partial charge in [-0.2, -0.15) is 0 Å². The van der Waals surface area contributed by atoms with Gasteiger partial charge in [-0.05, 0) is 48.2 Å². The SMILES string of the molecule is C=CCN1CC(=O)N2[C@@H](Cc3ccc(O)cc3)C(=O)N(Cc3cccc4c(C(C)=O)cn(S(=O)(=O)C5=CCC(Cl)C=C5)c34)C[C@@H]2N1C(=O)NCc1ccccc1. The molecule has 0 saturated carbocycles. The zero-order valence-electron chi connectivity index (χ0n) is 30.6. The number of nitrogens with zero attached hydrogens (tertiary/aromatic N) is 5. The molecule has 1 aromatic heterocycles. The summed E-state index contributed by atoms with van der Waals surface area (Å²) in [4.78, 5) is 58.9. The minimum absolute atomic E-state index is 0.0232. The topological polar surface area (TPSA) is 153 Å². The molecule has 56 heavy (non-hydrogen) atoms. The minimum Gasteiger partial charge on any atom is -0.508 e. The summed E-state index contributed by atoms with van der Waals surface area (Å²) in [6.07, 6.45) is 6.90. The first-order chi connectivity index (χ1) is 26.9. The van der Waals surface area contributed by atoms with Gasteiger partial charge in [-0.3, -0.25) is 14.4 Å². The van der Waals surface area contributed by atoms with Gasteiger partial charge >= 0.3 is 6.03 Å². The molecule has 0 radical (unpaired) electrons. The number of aromatic nitrogens is 1. The fourth-order valence-corrected chi connectivity index (χ4v) is 9.20. The maximum atomic E-state index is 14.7. The Bertz CT molecular complexity index is 2380. The van der Waals surface area contributed by atoms with Crippen LogP contribution in [-0.2, 0) is 39.1 Å². The quantitative estimate of drug-likeness (QED) is 0.123. The maximum absolute atomic E-state index is 14.7. The number of phenolic OH excluding ortho intramolecular Hbond substituents is 1. The molecule has 3 aromatic carbocycles. The van der Waals surface area contributed by atoms with Crippen LogP contribution >= 0.6 is 11.6 Å². The fourth-order valence-electron chi connectivity index (χ4n) is 7.56. The van der Waals surface area contributed by atoms with Crippen molar-refractivity contribution in [2.24, 2.45) is 0 Å². The number of urea groups is 1. The molecule has 290 valence electrons. The van der Waals surface area contributed by atoms with E-state index in [4.69, 9.17) is 11.6 Å². The molecule has 15 heteroatoms. The number of rotatable bonds is 11. The standard InChI is InChI=1S/C41H41ClN6O7S/c1-3-20-45-26-38(51)47-36(21-28-12-16-32(50)17-13-28)40(52)44(25-37(47)48(45)41(53)43-22-29-8-5-4-6-9-29)23-30-10-7-11-34-35(27(2)49)24-46(39(30)34)56(54,55)33-18-14-31(42)15-19-33/h3-14,16-19,24,31,36-37,50H,1,15,20-23,25-26H2,2H3,(H,43,53)/t31?,36-,37-/m0/s1. The van der Waals surface area contributed by atoms with Gasteiger partial charge in [0.25, 0.3) is 10.0 Å². The molecule has 2 saturated heterocycles. The van der Waals surface area contributed by atoms with Gasteiger partial charge < -0.3 is 20.2 Å². The first kappa shape index (κ1) is 38.6. The average Bonchev–Trinajstić information content (AvgIpc) is 3.59. The molecule has 3 atom stereocenters. The van der Waals surface area contributed by atoms with Gasteiger partial charge in [0.2, 0.25) is 11.8 Å². The fraction of sp³-hybridized carbons (Fsp3) is 0.268. The Morgan fingerprint density at radius 2 is 1.77 bits per heavy atom. The summed E-state index contributed by atoms with van der Waals surface area (Å²) in [5.74, 6) is -1.08. The maximum Gasteiger partial charge on any atom is 0.334 e. The summed E-state index contributed by atoms with van der Waals surface area (Å²) in [6, 6.07) is 19.2. The molecule has 2 fully saturated rings. The molecule has 4 aromatic rings. The number of alkyl halides is 1. The third-order valence-electron chi connectivity index (χ3n) is 10.2. The van der Waals surface area contributed by atoms with E-state index in [9.17, 15) is 32.7 Å². The number of hydrogen-bond donors (Lipinski definition) is 2. The number of benzene rings is 3. The van der Waals surface area contributed by atoms with Crippen molar-refractivity contribution < 1.29 is 32.7 Å². The number of amides is 4. The van der Waals surface area contributed by atoms with E-state index in [1.165, 1.54) is 52.2 Å². The van der Waals surface area contributed by atoms with Gasteiger partial charge in [-0.15, -0.1) is 18.2 Å². The summed E-state index contributed by atoms with van der Waals surface area (Å²) < 4.78 is 29.5. The van der Waals surface area contributed by atoms with Crippen molar-refractivity contribution in [3.8, 4) is 5.75 Å². The Morgan fingerprint density at radius 3 is 2.45 bits per heavy atom. The van der Waals surface area contributed by atoms with Crippen molar-refractivity contribution in [1.82, 2.24) is 29.1 Å². The Balaban J connectivity index is 1.31. The highest BCUT2D eigenvalue weighted by molar-refractivity contribution is 7.94. The second kappa shape index (κ2) is 15.8. The Labute approximate surface area is 329 Å². The highest BCUT2D eigenvalue weighted by Crippen LogP contribution is 2.34. The lowest BCUT2D eigenvalue weighted by molar-refractivity contribution is -0.189. The van der Waals surface area contributed by atoms with Gasteiger partial charge in [0, 0.05) is 43.2 Å². The Morgan fingerprint density at radius 1 is 1.02 bits per heavy atom. The van der Waals surface area contributed by atoms with Crippen molar-refractivity contribution in [2.75, 3.05) is 19.6 Å². The van der Waals surface area contributed by atoms with Crippen LogP contribution in [-0.4, -0.2) is 98.2 Å². The van der Waals surface area contributed by atoms with E-state index in [1.807, 2.05) is 30.3 Å². The molecule has 0 spiro atoms. The van der Waals surface area contributed by atoms with Crippen LogP contribution in [0.1, 0.15) is 40.4 Å². The molecular formula is C41H41ClN6O7S. The summed E-state index contributed by atoms with van der Waals surface area (Å²) in [7, 11) is -4.22. The lowest BCUT2D eigenvalue weighted by Crippen LogP contribution is -2.76. The van der Waals surface area contributed by atoms with Gasteiger partial charge in [-0.25, -0.2) is 27.2 Å². The number of halogens is 1. The predicted molar refractivity (Wildman–Crippen MR) is 212 cm³/mol. The monoisotopic (exact) mass is 796 g/mol. The van der Waals surface area contributed by atoms with Crippen LogP contribution in [0.25, 0.3) is 10.9 Å². The van der Waals surface area contributed by atoms with Crippen LogP contribution in [0.3, 0.4) is 0 Å². The number of aromatic hydroxyl groups is 1. The predicted octanol–water partition coefficient (Wildman–Crippen LogP) is 4.92. The number of carbonyl (C=O) groups excluding carboxylic acids is 4. The number of piperazine rings is 1. The van der Waals surface area contributed by atoms with Crippen LogP contribution in [0.4, 0.5) is 4.79 Å². The summed E-state index contributed by atoms with van der Waals surface area (Å²) in [5.41, 5.74) is 2.40. The van der Waals surface area contributed by atoms with Crippen LogP contribution in [0.15, 0.2) is 115 Å². The number of para-hydroxylation sites is 1. The third-order valence-corrected chi connectivity index (χ3v) is 12.2. The first-order valence-electron chi connectivity index (χ1n) is 18.1.